The van der Waals surface area contributed by atoms with Gasteiger partial charge in [0.15, 0.2) is 0 Å². The Morgan fingerprint density at radius 1 is 0.340 bits per heavy atom. The SMILES string of the molecule is Bc1c(-c2ccc3c(c2)c2c(-c4ccccc4)cccc2n3-c2ccccc2)c(B)c2c3ccccc3n(-c3cccc(-c4ccccc4)c3)c2c1B. The van der Waals surface area contributed by atoms with Crippen LogP contribution in [0.1, 0.15) is 0 Å². The molecule has 2 nitrogen and oxygen atoms in total. The van der Waals surface area contributed by atoms with Crippen molar-refractivity contribution in [1.29, 1.82) is 0 Å². The molecule has 2 aromatic heterocycles. The maximum absolute atomic E-state index is 2.49. The largest absolute Gasteiger partial charge is 0.310 e. The molecule has 0 unspecified atom stereocenters. The molecule has 8 aromatic carbocycles. The van der Waals surface area contributed by atoms with E-state index < -0.39 is 0 Å². The second-order valence-corrected chi connectivity index (χ2v) is 14.2. The van der Waals surface area contributed by atoms with Crippen LogP contribution in [-0.4, -0.2) is 32.7 Å². The van der Waals surface area contributed by atoms with E-state index in [0.29, 0.717) is 0 Å². The van der Waals surface area contributed by atoms with Crippen molar-refractivity contribution in [1.82, 2.24) is 9.13 Å². The van der Waals surface area contributed by atoms with Crippen LogP contribution in [0.5, 0.6) is 0 Å². The molecule has 0 aliphatic carbocycles. The van der Waals surface area contributed by atoms with Gasteiger partial charge in [0.2, 0.25) is 0 Å². The van der Waals surface area contributed by atoms with Gasteiger partial charge in [0, 0.05) is 38.4 Å². The van der Waals surface area contributed by atoms with E-state index in [4.69, 9.17) is 0 Å². The third-order valence-electron chi connectivity index (χ3n) is 11.3. The zero-order chi connectivity index (χ0) is 35.6. The lowest BCUT2D eigenvalue weighted by molar-refractivity contribution is 1.18. The molecule has 0 spiro atoms. The molecule has 0 radical (unpaired) electrons. The van der Waals surface area contributed by atoms with Crippen LogP contribution in [0.3, 0.4) is 0 Å². The molecule has 0 aliphatic heterocycles. The zero-order valence-electron chi connectivity index (χ0n) is 30.1. The van der Waals surface area contributed by atoms with Gasteiger partial charge in [-0.15, -0.1) is 0 Å². The van der Waals surface area contributed by atoms with Crippen LogP contribution in [0, 0.1) is 0 Å². The highest BCUT2D eigenvalue weighted by Crippen LogP contribution is 2.40. The van der Waals surface area contributed by atoms with E-state index >= 15 is 0 Å². The minimum atomic E-state index is 1.17. The minimum Gasteiger partial charge on any atom is -0.310 e. The molecule has 0 saturated heterocycles. The quantitative estimate of drug-likeness (QED) is 0.166. The first kappa shape index (κ1) is 31.3. The van der Waals surface area contributed by atoms with E-state index in [1.54, 1.807) is 0 Å². The normalized spacial score (nSPS) is 11.6. The van der Waals surface area contributed by atoms with Crippen molar-refractivity contribution in [3.8, 4) is 44.8 Å². The molecule has 2 heterocycles. The highest BCUT2D eigenvalue weighted by molar-refractivity contribution is 6.60. The summed E-state index contributed by atoms with van der Waals surface area (Å²) in [6.45, 7) is 0. The van der Waals surface area contributed by atoms with Crippen molar-refractivity contribution in [2.75, 3.05) is 0 Å². The summed E-state index contributed by atoms with van der Waals surface area (Å²) in [5.41, 5.74) is 18.7. The first-order chi connectivity index (χ1) is 26.1. The second kappa shape index (κ2) is 12.4. The highest BCUT2D eigenvalue weighted by atomic mass is 15.0. The van der Waals surface area contributed by atoms with Gasteiger partial charge in [-0.3, -0.25) is 0 Å². The Hall–Kier alpha value is -6.45. The molecular formula is C48H35B3N2. The van der Waals surface area contributed by atoms with Crippen molar-refractivity contribution in [2.45, 2.75) is 0 Å². The number of para-hydroxylation sites is 2. The van der Waals surface area contributed by atoms with E-state index in [1.165, 1.54) is 105 Å². The molecule has 0 amide bonds. The Morgan fingerprint density at radius 2 is 0.943 bits per heavy atom. The number of aromatic nitrogens is 2. The number of hydrogen-bond donors (Lipinski definition) is 0. The smallest absolute Gasteiger partial charge is 0.141 e. The highest BCUT2D eigenvalue weighted by Gasteiger charge is 2.23. The van der Waals surface area contributed by atoms with Crippen LogP contribution in [0.15, 0.2) is 176 Å². The van der Waals surface area contributed by atoms with E-state index in [1.807, 2.05) is 0 Å². The molecule has 0 saturated carbocycles. The van der Waals surface area contributed by atoms with Crippen molar-refractivity contribution in [3.05, 3.63) is 176 Å². The molecule has 0 N–H and O–H groups in total. The molecule has 246 valence electrons. The van der Waals surface area contributed by atoms with Crippen molar-refractivity contribution in [3.63, 3.8) is 0 Å². The van der Waals surface area contributed by atoms with Crippen LogP contribution in [-0.2, 0) is 0 Å². The van der Waals surface area contributed by atoms with Crippen LogP contribution in [0.2, 0.25) is 0 Å². The third kappa shape index (κ3) is 4.84. The summed E-state index contributed by atoms with van der Waals surface area (Å²) >= 11 is 0. The molecule has 0 atom stereocenters. The number of rotatable bonds is 5. The Bertz CT molecular complexity index is 3020. The third-order valence-corrected chi connectivity index (χ3v) is 11.3. The van der Waals surface area contributed by atoms with Crippen molar-refractivity contribution >= 4 is 83.5 Å². The Labute approximate surface area is 312 Å². The van der Waals surface area contributed by atoms with Gasteiger partial charge < -0.3 is 9.13 Å². The van der Waals surface area contributed by atoms with Gasteiger partial charge in [-0.2, -0.15) is 0 Å². The van der Waals surface area contributed by atoms with Gasteiger partial charge in [0.05, 0.1) is 16.6 Å². The summed E-state index contributed by atoms with van der Waals surface area (Å²) in [6, 6.07) is 64.0. The molecular weight excluding hydrogens is 637 g/mol. The summed E-state index contributed by atoms with van der Waals surface area (Å²) in [4.78, 5) is 0. The average Bonchev–Trinajstić information content (AvgIpc) is 3.75. The Morgan fingerprint density at radius 3 is 1.72 bits per heavy atom. The van der Waals surface area contributed by atoms with Crippen LogP contribution in [0.4, 0.5) is 0 Å². The van der Waals surface area contributed by atoms with E-state index in [9.17, 15) is 0 Å². The summed E-state index contributed by atoms with van der Waals surface area (Å²) in [5.74, 6) is 0. The lowest BCUT2D eigenvalue weighted by atomic mass is 9.69. The van der Waals surface area contributed by atoms with Crippen LogP contribution >= 0.6 is 0 Å². The molecule has 0 bridgehead atoms. The fraction of sp³-hybridized carbons (Fsp3) is 0. The molecule has 5 heteroatoms. The Kier molecular flexibility index (Phi) is 7.30. The minimum absolute atomic E-state index is 1.17. The van der Waals surface area contributed by atoms with Crippen molar-refractivity contribution < 1.29 is 0 Å². The molecule has 10 aromatic rings. The van der Waals surface area contributed by atoms with Gasteiger partial charge >= 0.3 is 0 Å². The average molecular weight is 672 g/mol. The van der Waals surface area contributed by atoms with Crippen LogP contribution < -0.4 is 16.4 Å². The fourth-order valence-corrected chi connectivity index (χ4v) is 8.84. The summed E-state index contributed by atoms with van der Waals surface area (Å²) in [7, 11) is 6.95. The van der Waals surface area contributed by atoms with Gasteiger partial charge in [-0.25, -0.2) is 0 Å². The standard InChI is InChI=1S/C48H35B3N2/c49-45-42(33-26-27-40-38(29-33)43-36(31-16-6-2-7-17-31)23-13-25-41(43)52(40)34-19-8-3-9-20-34)46(50)47(51)48-44(45)37-22-10-11-24-39(37)53(48)35-21-12-18-32(28-35)30-14-4-1-5-15-30/h1-29H,49-51H2. The monoisotopic (exact) mass is 672 g/mol. The molecule has 0 aliphatic rings. The van der Waals surface area contributed by atoms with E-state index in [-0.39, 0.29) is 0 Å². The number of hydrogen-bond acceptors (Lipinski definition) is 0. The summed E-state index contributed by atoms with van der Waals surface area (Å²) in [6.07, 6.45) is 0. The number of benzene rings is 8. The van der Waals surface area contributed by atoms with Gasteiger partial charge in [0.1, 0.15) is 23.5 Å². The first-order valence-electron chi connectivity index (χ1n) is 18.5. The molecule has 10 rings (SSSR count). The molecule has 0 fully saturated rings. The maximum atomic E-state index is 2.49. The predicted molar refractivity (Wildman–Crippen MR) is 236 cm³/mol. The molecule has 53 heavy (non-hydrogen) atoms. The van der Waals surface area contributed by atoms with E-state index in [0.717, 1.165) is 0 Å². The predicted octanol–water partition coefficient (Wildman–Crippen LogP) is 7.66. The second-order valence-electron chi connectivity index (χ2n) is 14.2. The van der Waals surface area contributed by atoms with E-state index in [2.05, 4.69) is 209 Å². The van der Waals surface area contributed by atoms with Gasteiger partial charge in [-0.1, -0.05) is 144 Å². The van der Waals surface area contributed by atoms with Crippen molar-refractivity contribution in [2.24, 2.45) is 0 Å². The topological polar surface area (TPSA) is 9.86 Å². The number of fused-ring (bicyclic) bond motifs is 6. The number of nitrogens with zero attached hydrogens (tertiary/aromatic N) is 2. The Balaban J connectivity index is 1.25. The zero-order valence-corrected chi connectivity index (χ0v) is 30.1. The summed E-state index contributed by atoms with van der Waals surface area (Å²) in [5, 5.41) is 5.14. The lowest BCUT2D eigenvalue weighted by Crippen LogP contribution is -2.35. The fourth-order valence-electron chi connectivity index (χ4n) is 8.84. The van der Waals surface area contributed by atoms with Gasteiger partial charge in [0.25, 0.3) is 0 Å². The lowest BCUT2D eigenvalue weighted by Gasteiger charge is -2.19. The van der Waals surface area contributed by atoms with Crippen LogP contribution in [0.25, 0.3) is 88.4 Å². The maximum Gasteiger partial charge on any atom is 0.141 e. The van der Waals surface area contributed by atoms with Gasteiger partial charge in [-0.05, 0) is 81.9 Å². The summed E-state index contributed by atoms with van der Waals surface area (Å²) < 4.78 is 4.91. The first-order valence-corrected chi connectivity index (χ1v) is 18.5.